The van der Waals surface area contributed by atoms with Gasteiger partial charge in [-0.3, -0.25) is 0 Å². The molecule has 2 heterocycles. The van der Waals surface area contributed by atoms with Crippen LogP contribution < -0.4 is 5.32 Å². The van der Waals surface area contributed by atoms with Crippen LogP contribution >= 0.6 is 0 Å². The largest absolute Gasteiger partial charge is 0.387 e. The highest BCUT2D eigenvalue weighted by atomic mass is 15.0. The first-order chi connectivity index (χ1) is 7.38. The van der Waals surface area contributed by atoms with Crippen LogP contribution in [0.1, 0.15) is 31.0 Å². The van der Waals surface area contributed by atoms with Crippen molar-refractivity contribution < 1.29 is 0 Å². The van der Waals surface area contributed by atoms with Gasteiger partial charge in [-0.1, -0.05) is 6.42 Å². The molecule has 0 bridgehead atoms. The highest BCUT2D eigenvalue weighted by Crippen LogP contribution is 2.35. The average molecular weight is 201 g/mol. The Morgan fingerprint density at radius 3 is 2.93 bits per heavy atom. The van der Waals surface area contributed by atoms with Crippen LogP contribution in [0.15, 0.2) is 24.5 Å². The van der Waals surface area contributed by atoms with Gasteiger partial charge < -0.3 is 9.72 Å². The molecule has 2 aromatic rings. The molecule has 0 saturated heterocycles. The normalized spacial score (nSPS) is 16.6. The molecule has 2 aromatic heterocycles. The number of fused-ring (bicyclic) bond motifs is 1. The van der Waals surface area contributed by atoms with Crippen LogP contribution in [0.25, 0.3) is 5.52 Å². The Bertz CT molecular complexity index is 483. The van der Waals surface area contributed by atoms with E-state index in [2.05, 4.69) is 33.0 Å². The molecule has 0 radical (unpaired) electrons. The molecule has 1 fully saturated rings. The second-order valence-corrected chi connectivity index (χ2v) is 4.21. The van der Waals surface area contributed by atoms with Crippen LogP contribution in [-0.2, 0) is 0 Å². The van der Waals surface area contributed by atoms with Gasteiger partial charge in [0.2, 0.25) is 0 Å². The molecule has 1 aliphatic rings. The number of pyridine rings is 1. The minimum atomic E-state index is 0.680. The Morgan fingerprint density at radius 2 is 2.27 bits per heavy atom. The van der Waals surface area contributed by atoms with Gasteiger partial charge in [0.1, 0.15) is 5.82 Å². The predicted octanol–water partition coefficient (Wildman–Crippen LogP) is 2.64. The van der Waals surface area contributed by atoms with E-state index in [1.807, 2.05) is 13.2 Å². The van der Waals surface area contributed by atoms with E-state index in [-0.39, 0.29) is 0 Å². The Morgan fingerprint density at radius 1 is 1.40 bits per heavy atom. The maximum absolute atomic E-state index is 4.53. The van der Waals surface area contributed by atoms with Crippen LogP contribution in [0.4, 0.5) is 5.69 Å². The number of rotatable bonds is 2. The molecule has 3 nitrogen and oxygen atoms in total. The minimum absolute atomic E-state index is 0.680. The van der Waals surface area contributed by atoms with Crippen molar-refractivity contribution in [3.63, 3.8) is 0 Å². The summed E-state index contributed by atoms with van der Waals surface area (Å²) in [6.45, 7) is 0. The Balaban J connectivity index is 2.13. The fourth-order valence-electron chi connectivity index (χ4n) is 2.13. The molecule has 0 aromatic carbocycles. The summed E-state index contributed by atoms with van der Waals surface area (Å²) < 4.78 is 2.22. The molecule has 0 aliphatic heterocycles. The van der Waals surface area contributed by atoms with E-state index in [4.69, 9.17) is 0 Å². The van der Waals surface area contributed by atoms with Gasteiger partial charge in [-0.05, 0) is 25.0 Å². The van der Waals surface area contributed by atoms with Gasteiger partial charge in [0.05, 0.1) is 17.4 Å². The van der Waals surface area contributed by atoms with E-state index < -0.39 is 0 Å². The smallest absolute Gasteiger partial charge is 0.116 e. The summed E-state index contributed by atoms with van der Waals surface area (Å²) >= 11 is 0. The van der Waals surface area contributed by atoms with E-state index in [1.165, 1.54) is 30.6 Å². The summed E-state index contributed by atoms with van der Waals surface area (Å²) in [5.41, 5.74) is 2.33. The molecule has 78 valence electrons. The molecule has 0 atom stereocenters. The number of hydrogen-bond donors (Lipinski definition) is 1. The lowest BCUT2D eigenvalue weighted by molar-refractivity contribution is 0.400. The summed E-state index contributed by atoms with van der Waals surface area (Å²) in [6, 6.07) is 4.20. The Labute approximate surface area is 89.1 Å². The summed E-state index contributed by atoms with van der Waals surface area (Å²) in [5, 5.41) is 3.16. The first kappa shape index (κ1) is 8.77. The van der Waals surface area contributed by atoms with Crippen molar-refractivity contribution in [3.05, 3.63) is 30.4 Å². The summed E-state index contributed by atoms with van der Waals surface area (Å²) in [5.74, 6) is 1.91. The lowest BCUT2D eigenvalue weighted by atomic mass is 9.85. The van der Waals surface area contributed by atoms with E-state index >= 15 is 0 Å². The fourth-order valence-corrected chi connectivity index (χ4v) is 2.13. The lowest BCUT2D eigenvalue weighted by Crippen LogP contribution is -2.12. The third-order valence-corrected chi connectivity index (χ3v) is 3.31. The van der Waals surface area contributed by atoms with Gasteiger partial charge in [-0.2, -0.15) is 0 Å². The summed E-state index contributed by atoms with van der Waals surface area (Å²) in [7, 11) is 1.95. The number of nitrogens with zero attached hydrogens (tertiary/aromatic N) is 2. The maximum atomic E-state index is 4.53. The van der Waals surface area contributed by atoms with Crippen molar-refractivity contribution in [2.24, 2.45) is 0 Å². The van der Waals surface area contributed by atoms with Crippen LogP contribution in [0.5, 0.6) is 0 Å². The first-order valence-electron chi connectivity index (χ1n) is 5.53. The van der Waals surface area contributed by atoms with Crippen molar-refractivity contribution in [2.45, 2.75) is 25.2 Å². The summed E-state index contributed by atoms with van der Waals surface area (Å²) in [6.07, 6.45) is 8.04. The van der Waals surface area contributed by atoms with Gasteiger partial charge in [-0.15, -0.1) is 0 Å². The monoisotopic (exact) mass is 201 g/mol. The summed E-state index contributed by atoms with van der Waals surface area (Å²) in [4.78, 5) is 4.53. The zero-order valence-corrected chi connectivity index (χ0v) is 8.90. The molecule has 1 N–H and O–H groups in total. The van der Waals surface area contributed by atoms with E-state index in [0.29, 0.717) is 5.92 Å². The zero-order valence-electron chi connectivity index (χ0n) is 8.90. The maximum Gasteiger partial charge on any atom is 0.116 e. The highest BCUT2D eigenvalue weighted by molar-refractivity contribution is 5.54. The van der Waals surface area contributed by atoms with Crippen LogP contribution in [0.2, 0.25) is 0 Å². The van der Waals surface area contributed by atoms with Crippen molar-refractivity contribution in [2.75, 3.05) is 12.4 Å². The molecule has 3 rings (SSSR count). The van der Waals surface area contributed by atoms with Gasteiger partial charge >= 0.3 is 0 Å². The second-order valence-electron chi connectivity index (χ2n) is 4.21. The third kappa shape index (κ3) is 1.30. The SMILES string of the molecule is CNc1ccc2cnc(C3CCC3)n2c1. The lowest BCUT2D eigenvalue weighted by Gasteiger charge is -2.24. The molecule has 3 heteroatoms. The van der Waals surface area contributed by atoms with Crippen molar-refractivity contribution >= 4 is 11.2 Å². The van der Waals surface area contributed by atoms with Crippen molar-refractivity contribution in [1.82, 2.24) is 9.38 Å². The van der Waals surface area contributed by atoms with E-state index in [9.17, 15) is 0 Å². The van der Waals surface area contributed by atoms with E-state index in [0.717, 1.165) is 5.69 Å². The van der Waals surface area contributed by atoms with Crippen LogP contribution in [0.3, 0.4) is 0 Å². The molecular weight excluding hydrogens is 186 g/mol. The Hall–Kier alpha value is -1.51. The zero-order chi connectivity index (χ0) is 10.3. The number of nitrogens with one attached hydrogen (secondary N) is 1. The number of aromatic nitrogens is 2. The van der Waals surface area contributed by atoms with Gasteiger partial charge in [0.15, 0.2) is 0 Å². The average Bonchev–Trinajstić information content (AvgIpc) is 2.59. The standard InChI is InChI=1S/C12H15N3/c1-13-10-5-6-11-7-14-12(15(11)8-10)9-3-2-4-9/h5-9,13H,2-4H2,1H3. The second kappa shape index (κ2) is 3.26. The first-order valence-corrected chi connectivity index (χ1v) is 5.53. The van der Waals surface area contributed by atoms with Crippen molar-refractivity contribution in [3.8, 4) is 0 Å². The molecule has 1 saturated carbocycles. The van der Waals surface area contributed by atoms with E-state index in [1.54, 1.807) is 0 Å². The molecular formula is C12H15N3. The highest BCUT2D eigenvalue weighted by Gasteiger charge is 2.23. The number of anilines is 1. The molecule has 0 spiro atoms. The van der Waals surface area contributed by atoms with Crippen molar-refractivity contribution in [1.29, 1.82) is 0 Å². The van der Waals surface area contributed by atoms with Crippen LogP contribution in [-0.4, -0.2) is 16.4 Å². The third-order valence-electron chi connectivity index (χ3n) is 3.31. The van der Waals surface area contributed by atoms with Gasteiger partial charge in [-0.25, -0.2) is 4.98 Å². The predicted molar refractivity (Wildman–Crippen MR) is 61.3 cm³/mol. The number of imidazole rings is 1. The molecule has 0 unspecified atom stereocenters. The Kier molecular flexibility index (Phi) is 1.91. The minimum Gasteiger partial charge on any atom is -0.387 e. The molecule has 15 heavy (non-hydrogen) atoms. The molecule has 1 aliphatic carbocycles. The number of hydrogen-bond acceptors (Lipinski definition) is 2. The molecule has 0 amide bonds. The van der Waals surface area contributed by atoms with Crippen LogP contribution in [0, 0.1) is 0 Å². The fraction of sp³-hybridized carbons (Fsp3) is 0.417. The van der Waals surface area contributed by atoms with Gasteiger partial charge in [0, 0.05) is 19.2 Å². The van der Waals surface area contributed by atoms with Gasteiger partial charge in [0.25, 0.3) is 0 Å². The quantitative estimate of drug-likeness (QED) is 0.809. The topological polar surface area (TPSA) is 29.3 Å².